The topological polar surface area (TPSA) is 20.2 Å². The van der Waals surface area contributed by atoms with Crippen molar-refractivity contribution < 1.29 is 22.7 Å². The third-order valence-corrected chi connectivity index (χ3v) is 2.64. The van der Waals surface area contributed by atoms with Gasteiger partial charge in [-0.05, 0) is 40.0 Å². The Morgan fingerprint density at radius 2 is 1.94 bits per heavy atom. The van der Waals surface area contributed by atoms with E-state index in [1.165, 1.54) is 12.1 Å². The summed E-state index contributed by atoms with van der Waals surface area (Å²) in [6.45, 7) is 0. The van der Waals surface area contributed by atoms with Gasteiger partial charge < -0.3 is 5.11 Å². The molecule has 1 aromatic carbocycles. The molecule has 0 aliphatic carbocycles. The van der Waals surface area contributed by atoms with Gasteiger partial charge in [0.1, 0.15) is 5.82 Å². The monoisotopic (exact) mass is 300 g/mol. The molecule has 0 bridgehead atoms. The molecule has 0 aromatic heterocycles. The molecule has 0 radical (unpaired) electrons. The summed E-state index contributed by atoms with van der Waals surface area (Å²) in [6.07, 6.45) is -7.03. The molecule has 1 atom stereocenters. The molecule has 0 saturated heterocycles. The number of aliphatic hydroxyl groups excluding tert-OH is 1. The average Bonchev–Trinajstić information content (AvgIpc) is 2.17. The number of rotatable bonds is 3. The van der Waals surface area contributed by atoms with Crippen molar-refractivity contribution in [1.82, 2.24) is 0 Å². The number of aliphatic hydroxyl groups is 1. The molecule has 0 fully saturated rings. The first-order chi connectivity index (χ1) is 7.29. The maximum atomic E-state index is 12.8. The Morgan fingerprint density at radius 1 is 1.31 bits per heavy atom. The van der Waals surface area contributed by atoms with Crippen molar-refractivity contribution in [3.8, 4) is 0 Å². The minimum Gasteiger partial charge on any atom is -0.388 e. The molecular formula is C10H9BrF4O. The van der Waals surface area contributed by atoms with Crippen LogP contribution in [-0.4, -0.2) is 11.3 Å². The molecule has 1 N–H and O–H groups in total. The van der Waals surface area contributed by atoms with Gasteiger partial charge in [0.2, 0.25) is 0 Å². The Balaban J connectivity index is 2.66. The van der Waals surface area contributed by atoms with Gasteiger partial charge >= 0.3 is 6.18 Å². The van der Waals surface area contributed by atoms with Crippen LogP contribution in [0, 0.1) is 5.82 Å². The summed E-state index contributed by atoms with van der Waals surface area (Å²) >= 11 is 2.90. The van der Waals surface area contributed by atoms with Gasteiger partial charge in [0.05, 0.1) is 10.6 Å². The summed E-state index contributed by atoms with van der Waals surface area (Å²) in [5.74, 6) is -0.522. The lowest BCUT2D eigenvalue weighted by Crippen LogP contribution is -2.10. The molecule has 1 rings (SSSR count). The van der Waals surface area contributed by atoms with Crippen LogP contribution >= 0.6 is 15.9 Å². The molecule has 0 spiro atoms. The van der Waals surface area contributed by atoms with Gasteiger partial charge in [-0.2, -0.15) is 13.2 Å². The highest BCUT2D eigenvalue weighted by molar-refractivity contribution is 9.10. The molecule has 0 aliphatic rings. The van der Waals surface area contributed by atoms with Crippen LogP contribution < -0.4 is 0 Å². The summed E-state index contributed by atoms with van der Waals surface area (Å²) in [5.41, 5.74) is 0.262. The smallest absolute Gasteiger partial charge is 0.388 e. The quantitative estimate of drug-likeness (QED) is 0.838. The molecule has 1 nitrogen and oxygen atoms in total. The molecule has 0 heterocycles. The summed E-state index contributed by atoms with van der Waals surface area (Å²) in [4.78, 5) is 0. The van der Waals surface area contributed by atoms with E-state index in [1.54, 1.807) is 0 Å². The SMILES string of the molecule is OC(CCC(F)(F)F)c1ccc(F)c(Br)c1. The predicted octanol–water partition coefficient (Wildman–Crippen LogP) is 3.96. The number of hydrogen-bond donors (Lipinski definition) is 1. The van der Waals surface area contributed by atoms with Crippen LogP contribution in [0.25, 0.3) is 0 Å². The van der Waals surface area contributed by atoms with E-state index in [-0.39, 0.29) is 10.0 Å². The van der Waals surface area contributed by atoms with Crippen molar-refractivity contribution in [1.29, 1.82) is 0 Å². The van der Waals surface area contributed by atoms with E-state index in [0.29, 0.717) is 0 Å². The maximum Gasteiger partial charge on any atom is 0.389 e. The van der Waals surface area contributed by atoms with E-state index in [9.17, 15) is 22.7 Å². The van der Waals surface area contributed by atoms with Crippen LogP contribution in [0.3, 0.4) is 0 Å². The summed E-state index contributed by atoms with van der Waals surface area (Å²) in [7, 11) is 0. The minimum absolute atomic E-state index is 0.121. The van der Waals surface area contributed by atoms with Crippen molar-refractivity contribution in [2.75, 3.05) is 0 Å². The Hall–Kier alpha value is -0.620. The number of hydrogen-bond acceptors (Lipinski definition) is 1. The fourth-order valence-electron chi connectivity index (χ4n) is 1.19. The zero-order valence-corrected chi connectivity index (χ0v) is 9.65. The summed E-state index contributed by atoms with van der Waals surface area (Å²) < 4.78 is 48.6. The second-order valence-corrected chi connectivity index (χ2v) is 4.20. The Labute approximate surface area is 98.2 Å². The second-order valence-electron chi connectivity index (χ2n) is 3.34. The van der Waals surface area contributed by atoms with Crippen molar-refractivity contribution >= 4 is 15.9 Å². The largest absolute Gasteiger partial charge is 0.389 e. The van der Waals surface area contributed by atoms with Gasteiger partial charge in [-0.25, -0.2) is 4.39 Å². The highest BCUT2D eigenvalue weighted by atomic mass is 79.9. The molecular weight excluding hydrogens is 292 g/mol. The van der Waals surface area contributed by atoms with Crippen LogP contribution in [-0.2, 0) is 0 Å². The normalized spacial score (nSPS) is 13.9. The zero-order chi connectivity index (χ0) is 12.3. The molecule has 16 heavy (non-hydrogen) atoms. The fourth-order valence-corrected chi connectivity index (χ4v) is 1.58. The van der Waals surface area contributed by atoms with Crippen molar-refractivity contribution in [2.24, 2.45) is 0 Å². The first-order valence-corrected chi connectivity index (χ1v) is 5.28. The van der Waals surface area contributed by atoms with Gasteiger partial charge in [-0.15, -0.1) is 0 Å². The van der Waals surface area contributed by atoms with E-state index in [4.69, 9.17) is 0 Å². The average molecular weight is 301 g/mol. The van der Waals surface area contributed by atoms with Gasteiger partial charge in [0, 0.05) is 6.42 Å². The van der Waals surface area contributed by atoms with Crippen molar-refractivity contribution in [3.63, 3.8) is 0 Å². The van der Waals surface area contributed by atoms with Crippen LogP contribution in [0.4, 0.5) is 17.6 Å². The van der Waals surface area contributed by atoms with Crippen molar-refractivity contribution in [2.45, 2.75) is 25.1 Å². The molecule has 0 amide bonds. The first-order valence-electron chi connectivity index (χ1n) is 4.49. The molecule has 6 heteroatoms. The lowest BCUT2D eigenvalue weighted by Gasteiger charge is -2.13. The van der Waals surface area contributed by atoms with Crippen LogP contribution in [0.2, 0.25) is 0 Å². The number of benzene rings is 1. The Bertz CT molecular complexity index is 364. The van der Waals surface area contributed by atoms with E-state index >= 15 is 0 Å². The predicted molar refractivity (Wildman–Crippen MR) is 54.3 cm³/mol. The first kappa shape index (κ1) is 13.4. The fraction of sp³-hybridized carbons (Fsp3) is 0.400. The van der Waals surface area contributed by atoms with Gasteiger partial charge in [-0.3, -0.25) is 0 Å². The van der Waals surface area contributed by atoms with Crippen LogP contribution in [0.1, 0.15) is 24.5 Å². The molecule has 1 aromatic rings. The Morgan fingerprint density at radius 3 is 2.44 bits per heavy atom. The van der Waals surface area contributed by atoms with E-state index in [2.05, 4.69) is 15.9 Å². The molecule has 90 valence electrons. The summed E-state index contributed by atoms with van der Waals surface area (Å²) in [6, 6.07) is 3.63. The number of halogens is 5. The standard InChI is InChI=1S/C10H9BrF4O/c11-7-5-6(1-2-8(7)12)9(16)3-4-10(13,14)15/h1-2,5,9,16H,3-4H2. The van der Waals surface area contributed by atoms with E-state index < -0.39 is 30.9 Å². The third-order valence-electron chi connectivity index (χ3n) is 2.03. The minimum atomic E-state index is -4.29. The molecule has 1 unspecified atom stereocenters. The van der Waals surface area contributed by atoms with E-state index in [1.807, 2.05) is 0 Å². The lowest BCUT2D eigenvalue weighted by molar-refractivity contribution is -0.140. The van der Waals surface area contributed by atoms with Gasteiger partial charge in [0.25, 0.3) is 0 Å². The van der Waals surface area contributed by atoms with Gasteiger partial charge in [-0.1, -0.05) is 6.07 Å². The van der Waals surface area contributed by atoms with Crippen LogP contribution in [0.15, 0.2) is 22.7 Å². The second kappa shape index (κ2) is 5.14. The van der Waals surface area contributed by atoms with Crippen LogP contribution in [0.5, 0.6) is 0 Å². The van der Waals surface area contributed by atoms with Gasteiger partial charge in [0.15, 0.2) is 0 Å². The zero-order valence-electron chi connectivity index (χ0n) is 8.06. The third kappa shape index (κ3) is 4.09. The highest BCUT2D eigenvalue weighted by Crippen LogP contribution is 2.29. The Kier molecular flexibility index (Phi) is 4.32. The lowest BCUT2D eigenvalue weighted by atomic mass is 10.0. The highest BCUT2D eigenvalue weighted by Gasteiger charge is 2.28. The van der Waals surface area contributed by atoms with Crippen molar-refractivity contribution in [3.05, 3.63) is 34.1 Å². The van der Waals surface area contributed by atoms with E-state index in [0.717, 1.165) is 6.07 Å². The molecule has 0 saturated carbocycles. The maximum absolute atomic E-state index is 12.8. The summed E-state index contributed by atoms with van der Waals surface area (Å²) in [5, 5.41) is 9.46. The molecule has 0 aliphatic heterocycles. The number of alkyl halides is 3.